The lowest BCUT2D eigenvalue weighted by atomic mass is 9.96. The number of ether oxygens (including phenoxy) is 1. The lowest BCUT2D eigenvalue weighted by Gasteiger charge is -2.37. The quantitative estimate of drug-likeness (QED) is 0.712. The molecule has 1 heterocycles. The zero-order chi connectivity index (χ0) is 11.5. The van der Waals surface area contributed by atoms with Gasteiger partial charge in [0.25, 0.3) is 0 Å². The summed E-state index contributed by atoms with van der Waals surface area (Å²) in [4.78, 5) is 15.4. The molecule has 0 aromatic carbocycles. The Morgan fingerprint density at radius 2 is 1.69 bits per heavy atom. The number of halogens is 1. The fourth-order valence-electron chi connectivity index (χ4n) is 1.89. The molecular weight excluding hydrogens is 228 g/mol. The van der Waals surface area contributed by atoms with Crippen LogP contribution in [0, 0.1) is 5.41 Å². The van der Waals surface area contributed by atoms with E-state index in [9.17, 15) is 4.79 Å². The second-order valence-corrected chi connectivity index (χ2v) is 5.29. The third-order valence-corrected chi connectivity index (χ3v) is 2.50. The minimum absolute atomic E-state index is 0. The Labute approximate surface area is 104 Å². The van der Waals surface area contributed by atoms with Crippen molar-refractivity contribution < 1.29 is 9.53 Å². The van der Waals surface area contributed by atoms with E-state index < -0.39 is 0 Å². The van der Waals surface area contributed by atoms with E-state index in [1.165, 1.54) is 7.11 Å². The van der Waals surface area contributed by atoms with Gasteiger partial charge in [-0.2, -0.15) is 0 Å². The number of carbonyl (C=O) groups excluding carboxylic acids is 1. The second kappa shape index (κ2) is 6.30. The molecule has 1 aliphatic rings. The Kier molecular flexibility index (Phi) is 6.11. The van der Waals surface area contributed by atoms with Crippen molar-refractivity contribution >= 4 is 18.5 Å². The van der Waals surface area contributed by atoms with Crippen LogP contribution in [0.25, 0.3) is 0 Å². The number of nitrogens with zero attached hydrogens (tertiary/aromatic N) is 2. The summed E-state index contributed by atoms with van der Waals surface area (Å²) in [5.74, 6) is 0. The molecule has 0 radical (unpaired) electrons. The first-order valence-corrected chi connectivity index (χ1v) is 5.47. The molecule has 1 saturated heterocycles. The average Bonchev–Trinajstić information content (AvgIpc) is 2.15. The van der Waals surface area contributed by atoms with Gasteiger partial charge in [-0.15, -0.1) is 12.4 Å². The van der Waals surface area contributed by atoms with Crippen LogP contribution >= 0.6 is 12.4 Å². The molecule has 1 fully saturated rings. The smallest absolute Gasteiger partial charge is 0.409 e. The molecule has 0 atom stereocenters. The van der Waals surface area contributed by atoms with Crippen LogP contribution < -0.4 is 0 Å². The fourth-order valence-corrected chi connectivity index (χ4v) is 1.89. The number of hydrogen-bond donors (Lipinski definition) is 0. The van der Waals surface area contributed by atoms with Gasteiger partial charge in [0.15, 0.2) is 0 Å². The van der Waals surface area contributed by atoms with Crippen LogP contribution in [0.4, 0.5) is 4.79 Å². The van der Waals surface area contributed by atoms with E-state index in [1.54, 1.807) is 4.90 Å². The highest BCUT2D eigenvalue weighted by atomic mass is 35.5. The van der Waals surface area contributed by atoms with Crippen LogP contribution in [-0.2, 0) is 4.74 Å². The van der Waals surface area contributed by atoms with Crippen LogP contribution in [0.15, 0.2) is 0 Å². The number of methoxy groups -OCH3 is 1. The summed E-state index contributed by atoms with van der Waals surface area (Å²) in [6, 6.07) is 0. The first kappa shape index (κ1) is 15.5. The Hall–Kier alpha value is -0.480. The molecule has 96 valence electrons. The van der Waals surface area contributed by atoms with Gasteiger partial charge >= 0.3 is 6.09 Å². The maximum absolute atomic E-state index is 11.2. The standard InChI is InChI=1S/C11H22N2O2.ClH/c1-11(2,3)9-12-5-7-13(8-6-12)10(14)15-4;/h5-9H2,1-4H3;1H. The molecule has 0 N–H and O–H groups in total. The Balaban J connectivity index is 0.00000225. The van der Waals surface area contributed by atoms with E-state index in [-0.39, 0.29) is 18.5 Å². The number of piperazine rings is 1. The zero-order valence-electron chi connectivity index (χ0n) is 10.7. The lowest BCUT2D eigenvalue weighted by Crippen LogP contribution is -2.50. The van der Waals surface area contributed by atoms with Crippen molar-refractivity contribution in [1.29, 1.82) is 0 Å². The maximum atomic E-state index is 11.2. The van der Waals surface area contributed by atoms with Crippen molar-refractivity contribution in [3.05, 3.63) is 0 Å². The topological polar surface area (TPSA) is 32.8 Å². The van der Waals surface area contributed by atoms with Crippen LogP contribution in [0.5, 0.6) is 0 Å². The minimum atomic E-state index is -0.203. The molecule has 0 aliphatic carbocycles. The summed E-state index contributed by atoms with van der Waals surface area (Å²) in [6.07, 6.45) is -0.203. The molecule has 0 spiro atoms. The molecule has 1 rings (SSSR count). The molecule has 0 bridgehead atoms. The second-order valence-electron chi connectivity index (χ2n) is 5.29. The Bertz CT molecular complexity index is 221. The summed E-state index contributed by atoms with van der Waals surface area (Å²) in [5.41, 5.74) is 0.327. The molecule has 1 amide bonds. The van der Waals surface area contributed by atoms with Crippen LogP contribution in [-0.4, -0.2) is 55.7 Å². The van der Waals surface area contributed by atoms with E-state index in [4.69, 9.17) is 4.74 Å². The average molecular weight is 251 g/mol. The number of carbonyl (C=O) groups is 1. The Morgan fingerprint density at radius 1 is 1.19 bits per heavy atom. The van der Waals surface area contributed by atoms with Crippen LogP contribution in [0.3, 0.4) is 0 Å². The van der Waals surface area contributed by atoms with Crippen LogP contribution in [0.1, 0.15) is 20.8 Å². The molecule has 0 saturated carbocycles. The van der Waals surface area contributed by atoms with E-state index >= 15 is 0 Å². The van der Waals surface area contributed by atoms with Gasteiger partial charge in [0, 0.05) is 32.7 Å². The largest absolute Gasteiger partial charge is 0.453 e. The monoisotopic (exact) mass is 250 g/mol. The van der Waals surface area contributed by atoms with Crippen molar-refractivity contribution in [2.75, 3.05) is 39.8 Å². The van der Waals surface area contributed by atoms with E-state index in [0.717, 1.165) is 32.7 Å². The van der Waals surface area contributed by atoms with E-state index in [2.05, 4.69) is 25.7 Å². The van der Waals surface area contributed by atoms with Gasteiger partial charge in [-0.1, -0.05) is 20.8 Å². The van der Waals surface area contributed by atoms with Crippen molar-refractivity contribution in [2.45, 2.75) is 20.8 Å². The van der Waals surface area contributed by atoms with Gasteiger partial charge in [0.1, 0.15) is 0 Å². The number of hydrogen-bond acceptors (Lipinski definition) is 3. The summed E-state index contributed by atoms with van der Waals surface area (Å²) >= 11 is 0. The summed E-state index contributed by atoms with van der Waals surface area (Å²) < 4.78 is 4.69. The van der Waals surface area contributed by atoms with Gasteiger partial charge in [-0.3, -0.25) is 4.90 Å². The highest BCUT2D eigenvalue weighted by Gasteiger charge is 2.24. The number of amides is 1. The molecule has 0 aromatic rings. The van der Waals surface area contributed by atoms with Crippen molar-refractivity contribution in [2.24, 2.45) is 5.41 Å². The molecule has 16 heavy (non-hydrogen) atoms. The predicted molar refractivity (Wildman–Crippen MR) is 67.1 cm³/mol. The summed E-state index contributed by atoms with van der Waals surface area (Å²) in [6.45, 7) is 11.3. The van der Waals surface area contributed by atoms with Gasteiger partial charge in [-0.25, -0.2) is 4.79 Å². The molecule has 1 aliphatic heterocycles. The highest BCUT2D eigenvalue weighted by Crippen LogP contribution is 2.16. The van der Waals surface area contributed by atoms with Gasteiger partial charge in [-0.05, 0) is 5.41 Å². The zero-order valence-corrected chi connectivity index (χ0v) is 11.5. The summed E-state index contributed by atoms with van der Waals surface area (Å²) in [5, 5.41) is 0. The molecule has 0 aromatic heterocycles. The molecule has 0 unspecified atom stereocenters. The number of rotatable bonds is 1. The van der Waals surface area contributed by atoms with Crippen molar-refractivity contribution in [3.63, 3.8) is 0 Å². The SMILES string of the molecule is COC(=O)N1CCN(CC(C)(C)C)CC1.Cl. The van der Waals surface area contributed by atoms with Crippen molar-refractivity contribution in [3.8, 4) is 0 Å². The maximum Gasteiger partial charge on any atom is 0.409 e. The molecular formula is C11H23ClN2O2. The van der Waals surface area contributed by atoms with Crippen molar-refractivity contribution in [1.82, 2.24) is 9.80 Å². The predicted octanol–water partition coefficient (Wildman–Crippen LogP) is 1.84. The van der Waals surface area contributed by atoms with Crippen LogP contribution in [0.2, 0.25) is 0 Å². The third kappa shape index (κ3) is 5.03. The first-order chi connectivity index (χ1) is 6.92. The summed E-state index contributed by atoms with van der Waals surface area (Å²) in [7, 11) is 1.43. The van der Waals surface area contributed by atoms with Gasteiger partial charge in [0.05, 0.1) is 7.11 Å². The minimum Gasteiger partial charge on any atom is -0.453 e. The van der Waals surface area contributed by atoms with Gasteiger partial charge in [0.2, 0.25) is 0 Å². The lowest BCUT2D eigenvalue weighted by molar-refractivity contribution is 0.0791. The normalized spacial score (nSPS) is 17.9. The first-order valence-electron chi connectivity index (χ1n) is 5.47. The van der Waals surface area contributed by atoms with E-state index in [0.29, 0.717) is 5.41 Å². The molecule has 4 nitrogen and oxygen atoms in total. The highest BCUT2D eigenvalue weighted by molar-refractivity contribution is 5.85. The Morgan fingerprint density at radius 3 is 2.06 bits per heavy atom. The molecule has 5 heteroatoms. The van der Waals surface area contributed by atoms with E-state index in [1.807, 2.05) is 0 Å². The third-order valence-electron chi connectivity index (χ3n) is 2.50. The fraction of sp³-hybridized carbons (Fsp3) is 0.909. The van der Waals surface area contributed by atoms with Gasteiger partial charge < -0.3 is 9.64 Å².